The van der Waals surface area contributed by atoms with E-state index in [1.807, 2.05) is 18.7 Å². The first-order valence-corrected chi connectivity index (χ1v) is 7.36. The maximum Gasteiger partial charge on any atom is 0.0739 e. The summed E-state index contributed by atoms with van der Waals surface area (Å²) in [5.41, 5.74) is 2.19. The molecule has 2 unspecified atom stereocenters. The molecule has 2 atom stereocenters. The van der Waals surface area contributed by atoms with E-state index in [0.717, 1.165) is 36.0 Å². The first kappa shape index (κ1) is 14.0. The van der Waals surface area contributed by atoms with Crippen LogP contribution in [0.3, 0.4) is 0 Å². The van der Waals surface area contributed by atoms with E-state index in [9.17, 15) is 5.11 Å². The average Bonchev–Trinajstić information content (AvgIpc) is 2.56. The highest BCUT2D eigenvalue weighted by Gasteiger charge is 2.27. The van der Waals surface area contributed by atoms with Crippen molar-refractivity contribution in [3.63, 3.8) is 0 Å². The summed E-state index contributed by atoms with van der Waals surface area (Å²) in [7, 11) is 4.06. The summed E-state index contributed by atoms with van der Waals surface area (Å²) < 4.78 is 3.01. The van der Waals surface area contributed by atoms with Crippen molar-refractivity contribution < 1.29 is 5.11 Å². The third-order valence-electron chi connectivity index (χ3n) is 3.92. The van der Waals surface area contributed by atoms with Crippen LogP contribution in [0.1, 0.15) is 37.1 Å². The number of rotatable bonds is 3. The lowest BCUT2D eigenvalue weighted by atomic mass is 9.91. The van der Waals surface area contributed by atoms with Crippen LogP contribution in [0.4, 0.5) is 0 Å². The quantitative estimate of drug-likeness (QED) is 0.930. The van der Waals surface area contributed by atoms with Gasteiger partial charge in [-0.15, -0.1) is 0 Å². The molecule has 1 fully saturated rings. The standard InChI is InChI=1S/C13H22BrN3O/c1-9-13(14)11(17(3)15-9)8-16(2)10-6-4-5-7-12(10)18/h10,12,18H,4-8H2,1-3H3. The number of aromatic nitrogens is 2. The Morgan fingerprint density at radius 3 is 2.67 bits per heavy atom. The summed E-state index contributed by atoms with van der Waals surface area (Å²) in [6, 6.07) is 0.279. The van der Waals surface area contributed by atoms with Gasteiger partial charge in [0, 0.05) is 19.6 Å². The molecule has 0 saturated heterocycles. The number of hydrogen-bond acceptors (Lipinski definition) is 3. The molecule has 18 heavy (non-hydrogen) atoms. The molecule has 1 aliphatic carbocycles. The number of aliphatic hydroxyl groups is 1. The van der Waals surface area contributed by atoms with Crippen molar-refractivity contribution >= 4 is 15.9 Å². The van der Waals surface area contributed by atoms with Gasteiger partial charge in [0.2, 0.25) is 0 Å². The molecule has 0 aliphatic heterocycles. The monoisotopic (exact) mass is 315 g/mol. The molecular formula is C13H22BrN3O. The van der Waals surface area contributed by atoms with Crippen LogP contribution in [0.5, 0.6) is 0 Å². The van der Waals surface area contributed by atoms with E-state index in [4.69, 9.17) is 0 Å². The van der Waals surface area contributed by atoms with Crippen molar-refractivity contribution in [1.82, 2.24) is 14.7 Å². The molecule has 0 spiro atoms. The van der Waals surface area contributed by atoms with E-state index in [0.29, 0.717) is 0 Å². The Balaban J connectivity index is 2.08. The molecule has 102 valence electrons. The summed E-state index contributed by atoms with van der Waals surface area (Å²) in [5, 5.41) is 14.5. The van der Waals surface area contributed by atoms with E-state index in [2.05, 4.69) is 33.0 Å². The molecule has 1 N–H and O–H groups in total. The zero-order valence-electron chi connectivity index (χ0n) is 11.4. The van der Waals surface area contributed by atoms with E-state index >= 15 is 0 Å². The Hall–Kier alpha value is -0.390. The average molecular weight is 316 g/mol. The van der Waals surface area contributed by atoms with Gasteiger partial charge in [-0.2, -0.15) is 5.10 Å². The van der Waals surface area contributed by atoms with Crippen LogP contribution >= 0.6 is 15.9 Å². The Bertz CT molecular complexity index is 419. The van der Waals surface area contributed by atoms with Crippen molar-refractivity contribution in [1.29, 1.82) is 0 Å². The largest absolute Gasteiger partial charge is 0.391 e. The van der Waals surface area contributed by atoms with Gasteiger partial charge in [0.25, 0.3) is 0 Å². The van der Waals surface area contributed by atoms with Crippen molar-refractivity contribution in [3.8, 4) is 0 Å². The smallest absolute Gasteiger partial charge is 0.0739 e. The molecule has 1 heterocycles. The first-order valence-electron chi connectivity index (χ1n) is 6.57. The van der Waals surface area contributed by atoms with E-state index in [-0.39, 0.29) is 12.1 Å². The predicted molar refractivity (Wildman–Crippen MR) is 75.4 cm³/mol. The second-order valence-corrected chi connectivity index (χ2v) is 6.10. The molecule has 0 aromatic carbocycles. The fourth-order valence-electron chi connectivity index (χ4n) is 2.81. The maximum atomic E-state index is 10.1. The van der Waals surface area contributed by atoms with Crippen LogP contribution in [0.25, 0.3) is 0 Å². The number of hydrogen-bond donors (Lipinski definition) is 1. The topological polar surface area (TPSA) is 41.3 Å². The van der Waals surface area contributed by atoms with Gasteiger partial charge in [0.1, 0.15) is 0 Å². The van der Waals surface area contributed by atoms with Crippen LogP contribution in [0, 0.1) is 6.92 Å². The highest BCUT2D eigenvalue weighted by atomic mass is 79.9. The minimum atomic E-state index is -0.183. The SMILES string of the molecule is Cc1nn(C)c(CN(C)C2CCCCC2O)c1Br. The maximum absolute atomic E-state index is 10.1. The van der Waals surface area contributed by atoms with Gasteiger partial charge in [0.15, 0.2) is 0 Å². The minimum absolute atomic E-state index is 0.183. The lowest BCUT2D eigenvalue weighted by Gasteiger charge is -2.35. The van der Waals surface area contributed by atoms with Gasteiger partial charge in [-0.05, 0) is 42.7 Å². The van der Waals surface area contributed by atoms with Crippen molar-refractivity contribution in [2.75, 3.05) is 7.05 Å². The third kappa shape index (κ3) is 2.78. The summed E-state index contributed by atoms with van der Waals surface area (Å²) >= 11 is 3.60. The Kier molecular flexibility index (Phi) is 4.45. The number of likely N-dealkylation sites (N-methyl/N-ethyl adjacent to an activating group) is 1. The summed E-state index contributed by atoms with van der Waals surface area (Å²) in [4.78, 5) is 2.26. The lowest BCUT2D eigenvalue weighted by molar-refractivity contribution is 0.0278. The molecule has 4 nitrogen and oxygen atoms in total. The van der Waals surface area contributed by atoms with Crippen LogP contribution in [-0.4, -0.2) is 39.0 Å². The Labute approximate surface area is 117 Å². The van der Waals surface area contributed by atoms with Crippen molar-refractivity contribution in [3.05, 3.63) is 15.9 Å². The molecule has 1 aromatic rings. The summed E-state index contributed by atoms with van der Waals surface area (Å²) in [6.07, 6.45) is 4.21. The second-order valence-electron chi connectivity index (χ2n) is 5.30. The molecule has 1 aliphatic rings. The zero-order chi connectivity index (χ0) is 13.3. The molecule has 0 bridgehead atoms. The van der Waals surface area contributed by atoms with Crippen molar-refractivity contribution in [2.24, 2.45) is 7.05 Å². The fraction of sp³-hybridized carbons (Fsp3) is 0.769. The Morgan fingerprint density at radius 1 is 1.44 bits per heavy atom. The highest BCUT2D eigenvalue weighted by Crippen LogP contribution is 2.26. The number of aryl methyl sites for hydroxylation is 2. The molecule has 2 rings (SSSR count). The summed E-state index contributed by atoms with van der Waals surface area (Å²) in [5.74, 6) is 0. The van der Waals surface area contributed by atoms with Gasteiger partial charge in [-0.3, -0.25) is 9.58 Å². The van der Waals surface area contributed by atoms with Crippen LogP contribution in [0.15, 0.2) is 4.47 Å². The molecular weight excluding hydrogens is 294 g/mol. The van der Waals surface area contributed by atoms with Gasteiger partial charge < -0.3 is 5.11 Å². The van der Waals surface area contributed by atoms with E-state index in [1.165, 1.54) is 12.1 Å². The minimum Gasteiger partial charge on any atom is -0.391 e. The van der Waals surface area contributed by atoms with Crippen LogP contribution in [0.2, 0.25) is 0 Å². The van der Waals surface area contributed by atoms with Crippen LogP contribution < -0.4 is 0 Å². The van der Waals surface area contributed by atoms with Crippen LogP contribution in [-0.2, 0) is 13.6 Å². The van der Waals surface area contributed by atoms with Gasteiger partial charge in [0.05, 0.1) is 22.0 Å². The Morgan fingerprint density at radius 2 is 2.11 bits per heavy atom. The zero-order valence-corrected chi connectivity index (χ0v) is 12.9. The lowest BCUT2D eigenvalue weighted by Crippen LogP contribution is -2.43. The van der Waals surface area contributed by atoms with Gasteiger partial charge >= 0.3 is 0 Å². The third-order valence-corrected chi connectivity index (χ3v) is 4.95. The fourth-order valence-corrected chi connectivity index (χ4v) is 3.27. The normalized spacial score (nSPS) is 24.8. The molecule has 5 heteroatoms. The first-order chi connectivity index (χ1) is 8.50. The van der Waals surface area contributed by atoms with E-state index in [1.54, 1.807) is 0 Å². The number of nitrogens with zero attached hydrogens (tertiary/aromatic N) is 3. The number of aliphatic hydroxyl groups excluding tert-OH is 1. The predicted octanol–water partition coefficient (Wildman–Crippen LogP) is 2.23. The molecule has 1 saturated carbocycles. The van der Waals surface area contributed by atoms with Gasteiger partial charge in [-0.1, -0.05) is 12.8 Å². The number of halogens is 1. The molecule has 0 amide bonds. The van der Waals surface area contributed by atoms with E-state index < -0.39 is 0 Å². The highest BCUT2D eigenvalue weighted by molar-refractivity contribution is 9.10. The second kappa shape index (κ2) is 5.72. The molecule has 1 aromatic heterocycles. The van der Waals surface area contributed by atoms with Gasteiger partial charge in [-0.25, -0.2) is 0 Å². The summed E-state index contributed by atoms with van der Waals surface area (Å²) in [6.45, 7) is 2.82. The molecule has 0 radical (unpaired) electrons. The van der Waals surface area contributed by atoms with Crippen molar-refractivity contribution in [2.45, 2.75) is 51.3 Å².